The van der Waals surface area contributed by atoms with E-state index >= 15 is 0 Å². The lowest BCUT2D eigenvalue weighted by Gasteiger charge is -2.35. The second-order valence-corrected chi connectivity index (χ2v) is 6.53. The SMILES string of the molecule is COc1cc(C)c(C(=O)N2CCN(C(=O)c3cccnc3)CC2)cc1Cl. The summed E-state index contributed by atoms with van der Waals surface area (Å²) in [4.78, 5) is 32.8. The molecule has 3 rings (SSSR count). The summed E-state index contributed by atoms with van der Waals surface area (Å²) in [7, 11) is 1.54. The summed E-state index contributed by atoms with van der Waals surface area (Å²) in [6.07, 6.45) is 3.19. The lowest BCUT2D eigenvalue weighted by atomic mass is 10.1. The molecule has 1 fully saturated rings. The summed E-state index contributed by atoms with van der Waals surface area (Å²) < 4.78 is 5.18. The molecule has 2 aromatic rings. The zero-order valence-corrected chi connectivity index (χ0v) is 15.5. The van der Waals surface area contributed by atoms with Crippen LogP contribution >= 0.6 is 11.6 Å². The average Bonchev–Trinajstić information content (AvgIpc) is 2.69. The van der Waals surface area contributed by atoms with Crippen LogP contribution in [-0.4, -0.2) is 59.9 Å². The van der Waals surface area contributed by atoms with Gasteiger partial charge in [-0.2, -0.15) is 0 Å². The fourth-order valence-electron chi connectivity index (χ4n) is 3.00. The molecule has 1 aromatic carbocycles. The van der Waals surface area contributed by atoms with Gasteiger partial charge in [-0.1, -0.05) is 11.6 Å². The zero-order chi connectivity index (χ0) is 18.7. The van der Waals surface area contributed by atoms with Gasteiger partial charge in [-0.15, -0.1) is 0 Å². The number of aryl methyl sites for hydroxylation is 1. The molecule has 0 saturated carbocycles. The van der Waals surface area contributed by atoms with E-state index in [1.807, 2.05) is 6.92 Å². The van der Waals surface area contributed by atoms with Gasteiger partial charge in [-0.25, -0.2) is 0 Å². The fourth-order valence-corrected chi connectivity index (χ4v) is 3.24. The minimum absolute atomic E-state index is 0.0612. The number of piperazine rings is 1. The Kier molecular flexibility index (Phi) is 5.42. The van der Waals surface area contributed by atoms with E-state index in [9.17, 15) is 9.59 Å². The third-order valence-corrected chi connectivity index (χ3v) is 4.79. The monoisotopic (exact) mass is 373 g/mol. The van der Waals surface area contributed by atoms with Crippen molar-refractivity contribution in [3.05, 3.63) is 58.4 Å². The molecule has 7 heteroatoms. The molecule has 1 aromatic heterocycles. The van der Waals surface area contributed by atoms with E-state index in [1.165, 1.54) is 0 Å². The van der Waals surface area contributed by atoms with Gasteiger partial charge in [0.25, 0.3) is 11.8 Å². The lowest BCUT2D eigenvalue weighted by Crippen LogP contribution is -2.50. The molecule has 1 saturated heterocycles. The Bertz CT molecular complexity index is 818. The first-order chi connectivity index (χ1) is 12.5. The van der Waals surface area contributed by atoms with Crippen molar-refractivity contribution in [1.82, 2.24) is 14.8 Å². The number of hydrogen-bond acceptors (Lipinski definition) is 4. The topological polar surface area (TPSA) is 62.7 Å². The second kappa shape index (κ2) is 7.74. The Hall–Kier alpha value is -2.60. The molecule has 1 aliphatic heterocycles. The molecule has 0 atom stereocenters. The maximum Gasteiger partial charge on any atom is 0.255 e. The summed E-state index contributed by atoms with van der Waals surface area (Å²) in [6, 6.07) is 6.89. The van der Waals surface area contributed by atoms with Gasteiger partial charge in [0.1, 0.15) is 5.75 Å². The zero-order valence-electron chi connectivity index (χ0n) is 14.7. The first-order valence-electron chi connectivity index (χ1n) is 8.34. The molecule has 0 aliphatic carbocycles. The molecule has 136 valence electrons. The number of rotatable bonds is 3. The van der Waals surface area contributed by atoms with Crippen LogP contribution in [0.4, 0.5) is 0 Å². The molecular formula is C19H20ClN3O3. The Morgan fingerprint density at radius 2 is 1.77 bits per heavy atom. The number of halogens is 1. The minimum Gasteiger partial charge on any atom is -0.495 e. The van der Waals surface area contributed by atoms with E-state index in [0.717, 1.165) is 5.56 Å². The van der Waals surface area contributed by atoms with Crippen LogP contribution in [0, 0.1) is 6.92 Å². The van der Waals surface area contributed by atoms with E-state index in [4.69, 9.17) is 16.3 Å². The third-order valence-electron chi connectivity index (χ3n) is 4.49. The highest BCUT2D eigenvalue weighted by atomic mass is 35.5. The van der Waals surface area contributed by atoms with Crippen LogP contribution in [0.3, 0.4) is 0 Å². The summed E-state index contributed by atoms with van der Waals surface area (Å²) in [5.74, 6) is 0.405. The van der Waals surface area contributed by atoms with Crippen molar-refractivity contribution in [2.45, 2.75) is 6.92 Å². The number of aromatic nitrogens is 1. The number of amides is 2. The molecule has 0 N–H and O–H groups in total. The minimum atomic E-state index is -0.0828. The van der Waals surface area contributed by atoms with Gasteiger partial charge in [0, 0.05) is 44.1 Å². The first kappa shape index (κ1) is 18.2. The van der Waals surface area contributed by atoms with E-state index in [1.54, 1.807) is 53.6 Å². The van der Waals surface area contributed by atoms with Crippen molar-refractivity contribution in [3.8, 4) is 5.75 Å². The van der Waals surface area contributed by atoms with Crippen LogP contribution in [0.1, 0.15) is 26.3 Å². The molecular weight excluding hydrogens is 354 g/mol. The average molecular weight is 374 g/mol. The van der Waals surface area contributed by atoms with E-state index in [-0.39, 0.29) is 11.8 Å². The highest BCUT2D eigenvalue weighted by Crippen LogP contribution is 2.28. The number of pyridine rings is 1. The number of carbonyl (C=O) groups is 2. The number of nitrogens with zero attached hydrogens (tertiary/aromatic N) is 3. The Labute approximate surface area is 157 Å². The predicted octanol–water partition coefficient (Wildman–Crippen LogP) is 2.65. The molecule has 26 heavy (non-hydrogen) atoms. The van der Waals surface area contributed by atoms with Gasteiger partial charge in [-0.3, -0.25) is 14.6 Å². The standard InChI is InChI=1S/C19H20ClN3O3/c1-13-10-17(26-2)16(20)11-15(13)19(25)23-8-6-22(7-9-23)18(24)14-4-3-5-21-12-14/h3-5,10-12H,6-9H2,1-2H3. The van der Waals surface area contributed by atoms with Gasteiger partial charge in [0.15, 0.2) is 0 Å². The molecule has 0 spiro atoms. The van der Waals surface area contributed by atoms with Crippen molar-refractivity contribution in [2.24, 2.45) is 0 Å². The van der Waals surface area contributed by atoms with Gasteiger partial charge >= 0.3 is 0 Å². The first-order valence-corrected chi connectivity index (χ1v) is 8.71. The Morgan fingerprint density at radius 1 is 1.12 bits per heavy atom. The van der Waals surface area contributed by atoms with Gasteiger partial charge in [-0.05, 0) is 36.8 Å². The third kappa shape index (κ3) is 3.65. The van der Waals surface area contributed by atoms with Crippen LogP contribution in [0.15, 0.2) is 36.7 Å². The lowest BCUT2D eigenvalue weighted by molar-refractivity contribution is 0.0535. The molecule has 1 aliphatic rings. The molecule has 2 amide bonds. The fraction of sp³-hybridized carbons (Fsp3) is 0.316. The second-order valence-electron chi connectivity index (χ2n) is 6.13. The number of carbonyl (C=O) groups excluding carboxylic acids is 2. The van der Waals surface area contributed by atoms with Crippen LogP contribution in [0.2, 0.25) is 5.02 Å². The smallest absolute Gasteiger partial charge is 0.255 e. The Balaban J connectivity index is 1.67. The number of ether oxygens (including phenoxy) is 1. The number of methoxy groups -OCH3 is 1. The van der Waals surface area contributed by atoms with Crippen LogP contribution in [0.5, 0.6) is 5.75 Å². The van der Waals surface area contributed by atoms with Crippen LogP contribution in [-0.2, 0) is 0 Å². The number of hydrogen-bond donors (Lipinski definition) is 0. The molecule has 2 heterocycles. The molecule has 0 bridgehead atoms. The van der Waals surface area contributed by atoms with Crippen molar-refractivity contribution in [1.29, 1.82) is 0 Å². The summed E-state index contributed by atoms with van der Waals surface area (Å²) in [6.45, 7) is 3.79. The maximum absolute atomic E-state index is 12.8. The molecule has 0 radical (unpaired) electrons. The van der Waals surface area contributed by atoms with E-state index in [0.29, 0.717) is 48.1 Å². The van der Waals surface area contributed by atoms with Crippen molar-refractivity contribution in [2.75, 3.05) is 33.3 Å². The summed E-state index contributed by atoms with van der Waals surface area (Å²) in [5, 5.41) is 0.409. The highest BCUT2D eigenvalue weighted by Gasteiger charge is 2.26. The number of benzene rings is 1. The van der Waals surface area contributed by atoms with Crippen LogP contribution < -0.4 is 4.74 Å². The highest BCUT2D eigenvalue weighted by molar-refractivity contribution is 6.32. The van der Waals surface area contributed by atoms with Crippen LogP contribution in [0.25, 0.3) is 0 Å². The summed E-state index contributed by atoms with van der Waals surface area (Å²) in [5.41, 5.74) is 1.93. The Morgan fingerprint density at radius 3 is 2.35 bits per heavy atom. The molecule has 6 nitrogen and oxygen atoms in total. The van der Waals surface area contributed by atoms with Gasteiger partial charge < -0.3 is 14.5 Å². The van der Waals surface area contributed by atoms with E-state index < -0.39 is 0 Å². The van der Waals surface area contributed by atoms with Gasteiger partial charge in [0.05, 0.1) is 17.7 Å². The van der Waals surface area contributed by atoms with Gasteiger partial charge in [0.2, 0.25) is 0 Å². The van der Waals surface area contributed by atoms with Crippen molar-refractivity contribution in [3.63, 3.8) is 0 Å². The summed E-state index contributed by atoms with van der Waals surface area (Å²) >= 11 is 6.16. The quantitative estimate of drug-likeness (QED) is 0.829. The largest absolute Gasteiger partial charge is 0.495 e. The maximum atomic E-state index is 12.8. The normalized spacial score (nSPS) is 14.3. The molecule has 0 unspecified atom stereocenters. The van der Waals surface area contributed by atoms with E-state index in [2.05, 4.69) is 4.98 Å². The van der Waals surface area contributed by atoms with Crippen molar-refractivity contribution >= 4 is 23.4 Å². The predicted molar refractivity (Wildman–Crippen MR) is 98.8 cm³/mol. The van der Waals surface area contributed by atoms with Crippen molar-refractivity contribution < 1.29 is 14.3 Å².